The number of carbonyl (C=O) groups is 1. The molecule has 0 atom stereocenters. The van der Waals surface area contributed by atoms with Crippen LogP contribution in [0.3, 0.4) is 0 Å². The van der Waals surface area contributed by atoms with Gasteiger partial charge in [0.25, 0.3) is 0 Å². The van der Waals surface area contributed by atoms with Crippen LogP contribution in [-0.4, -0.2) is 95.4 Å². The maximum Gasteiger partial charge on any atom is 0.304 e. The van der Waals surface area contributed by atoms with E-state index in [9.17, 15) is 13.2 Å². The Morgan fingerprint density at radius 3 is 2.33 bits per heavy atom. The number of anilines is 1. The van der Waals surface area contributed by atoms with Gasteiger partial charge in [0.2, 0.25) is 5.91 Å². The first-order valence-corrected chi connectivity index (χ1v) is 10.6. The van der Waals surface area contributed by atoms with E-state index in [-0.39, 0.29) is 12.5 Å². The van der Waals surface area contributed by atoms with Crippen LogP contribution in [0.5, 0.6) is 0 Å². The number of rotatable bonds is 9. The molecule has 0 unspecified atom stereocenters. The molecule has 0 saturated carbocycles. The highest BCUT2D eigenvalue weighted by Crippen LogP contribution is 2.18. The van der Waals surface area contributed by atoms with Gasteiger partial charge in [-0.15, -0.1) is 0 Å². The Labute approximate surface area is 162 Å². The van der Waals surface area contributed by atoms with Crippen molar-refractivity contribution < 1.29 is 13.2 Å². The first-order chi connectivity index (χ1) is 12.8. The van der Waals surface area contributed by atoms with Crippen molar-refractivity contribution >= 4 is 21.8 Å². The summed E-state index contributed by atoms with van der Waals surface area (Å²) < 4.78 is 27.4. The minimum Gasteiger partial charge on any atom is -0.354 e. The fourth-order valence-electron chi connectivity index (χ4n) is 2.89. The molecule has 0 aromatic heterocycles. The third-order valence-corrected chi connectivity index (χ3v) is 6.46. The molecule has 27 heavy (non-hydrogen) atoms. The van der Waals surface area contributed by atoms with Gasteiger partial charge in [-0.2, -0.15) is 12.7 Å². The van der Waals surface area contributed by atoms with Gasteiger partial charge >= 0.3 is 10.2 Å². The predicted molar refractivity (Wildman–Crippen MR) is 108 cm³/mol. The normalized spacial score (nSPS) is 16.4. The summed E-state index contributed by atoms with van der Waals surface area (Å²) in [5, 5.41) is 2.84. The van der Waals surface area contributed by atoms with Crippen LogP contribution in [0.25, 0.3) is 0 Å². The maximum atomic E-state index is 12.6. The van der Waals surface area contributed by atoms with Crippen LogP contribution in [0.1, 0.15) is 6.42 Å². The minimum atomic E-state index is -3.75. The first-order valence-electron chi connectivity index (χ1n) is 9.23. The van der Waals surface area contributed by atoms with E-state index in [0.29, 0.717) is 12.2 Å². The van der Waals surface area contributed by atoms with Crippen molar-refractivity contribution in [3.8, 4) is 0 Å². The molecule has 0 aliphatic carbocycles. The lowest BCUT2D eigenvalue weighted by molar-refractivity contribution is -0.119. The molecule has 1 aliphatic heterocycles. The van der Waals surface area contributed by atoms with E-state index in [4.69, 9.17) is 0 Å². The summed E-state index contributed by atoms with van der Waals surface area (Å²) in [5.74, 6) is -0.303. The van der Waals surface area contributed by atoms with Crippen molar-refractivity contribution in [2.75, 3.05) is 71.3 Å². The monoisotopic (exact) mass is 397 g/mol. The Morgan fingerprint density at radius 1 is 1.11 bits per heavy atom. The quantitative estimate of drug-likeness (QED) is 0.596. The number of benzene rings is 1. The summed E-state index contributed by atoms with van der Waals surface area (Å²) >= 11 is 0. The molecule has 2 rings (SSSR count). The largest absolute Gasteiger partial charge is 0.354 e. The Balaban J connectivity index is 1.85. The lowest BCUT2D eigenvalue weighted by atomic mass is 10.3. The Hall–Kier alpha value is -1.68. The summed E-state index contributed by atoms with van der Waals surface area (Å²) in [6, 6.07) is 8.68. The van der Waals surface area contributed by atoms with Crippen LogP contribution in [-0.2, 0) is 15.0 Å². The summed E-state index contributed by atoms with van der Waals surface area (Å²) in [5.41, 5.74) is 0.471. The lowest BCUT2D eigenvalue weighted by Gasteiger charge is -2.32. The number of nitrogens with zero attached hydrogens (tertiary/aromatic N) is 4. The molecule has 1 heterocycles. The number of carbonyl (C=O) groups excluding carboxylic acids is 1. The summed E-state index contributed by atoms with van der Waals surface area (Å²) in [6.07, 6.45) is 0.848. The fraction of sp³-hybridized carbons (Fsp3) is 0.611. The van der Waals surface area contributed by atoms with Gasteiger partial charge in [0.15, 0.2) is 0 Å². The Kier molecular flexibility index (Phi) is 8.03. The van der Waals surface area contributed by atoms with Gasteiger partial charge in [-0.3, -0.25) is 4.79 Å². The number of amides is 1. The van der Waals surface area contributed by atoms with Crippen LogP contribution >= 0.6 is 0 Å². The Bertz CT molecular complexity index is 688. The second-order valence-corrected chi connectivity index (χ2v) is 9.05. The summed E-state index contributed by atoms with van der Waals surface area (Å²) in [4.78, 5) is 17.0. The highest BCUT2D eigenvalue weighted by Gasteiger charge is 2.27. The van der Waals surface area contributed by atoms with Gasteiger partial charge in [0.05, 0.1) is 5.69 Å². The molecule has 0 radical (unpaired) electrons. The SMILES string of the molecule is CN1CCN(CCCNC(=O)CN(c2ccccc2)S(=O)(=O)N(C)C)CC1. The second-order valence-electron chi connectivity index (χ2n) is 6.98. The minimum absolute atomic E-state index is 0.237. The van der Waals surface area contributed by atoms with Crippen LogP contribution in [0, 0.1) is 0 Å². The van der Waals surface area contributed by atoms with E-state index in [1.54, 1.807) is 24.3 Å². The first kappa shape index (κ1) is 21.6. The molecule has 1 aromatic carbocycles. The van der Waals surface area contributed by atoms with Gasteiger partial charge in [0, 0.05) is 46.8 Å². The van der Waals surface area contributed by atoms with E-state index in [2.05, 4.69) is 22.2 Å². The van der Waals surface area contributed by atoms with E-state index in [1.807, 2.05) is 6.07 Å². The van der Waals surface area contributed by atoms with Crippen molar-refractivity contribution in [3.63, 3.8) is 0 Å². The number of para-hydroxylation sites is 1. The third-order valence-electron chi connectivity index (χ3n) is 4.64. The molecule has 1 fully saturated rings. The standard InChI is InChI=1S/C18H31N5O3S/c1-20(2)27(25,26)23(17-8-5-4-6-9-17)16-18(24)19-10-7-11-22-14-12-21(3)13-15-22/h4-6,8-9H,7,10-16H2,1-3H3,(H,19,24). The molecule has 0 spiro atoms. The molecule has 152 valence electrons. The zero-order valence-electron chi connectivity index (χ0n) is 16.5. The molecule has 1 aromatic rings. The van der Waals surface area contributed by atoms with E-state index >= 15 is 0 Å². The highest BCUT2D eigenvalue weighted by molar-refractivity contribution is 7.90. The van der Waals surface area contributed by atoms with Crippen LogP contribution in [0.2, 0.25) is 0 Å². The topological polar surface area (TPSA) is 76.2 Å². The van der Waals surface area contributed by atoms with E-state index in [1.165, 1.54) is 14.1 Å². The lowest BCUT2D eigenvalue weighted by Crippen LogP contribution is -2.47. The van der Waals surface area contributed by atoms with Crippen molar-refractivity contribution in [3.05, 3.63) is 30.3 Å². The van der Waals surface area contributed by atoms with Gasteiger partial charge in [-0.1, -0.05) is 18.2 Å². The molecular formula is C18H31N5O3S. The third kappa shape index (κ3) is 6.46. The van der Waals surface area contributed by atoms with Crippen molar-refractivity contribution in [2.45, 2.75) is 6.42 Å². The zero-order chi connectivity index (χ0) is 19.9. The van der Waals surface area contributed by atoms with Gasteiger partial charge in [-0.25, -0.2) is 4.31 Å². The summed E-state index contributed by atoms with van der Waals surface area (Å²) in [7, 11) is 1.29. The number of likely N-dealkylation sites (N-methyl/N-ethyl adjacent to an activating group) is 1. The van der Waals surface area contributed by atoms with Gasteiger partial charge in [0.1, 0.15) is 6.54 Å². The Morgan fingerprint density at radius 2 is 1.74 bits per heavy atom. The van der Waals surface area contributed by atoms with Crippen LogP contribution in [0.4, 0.5) is 5.69 Å². The number of piperazine rings is 1. The van der Waals surface area contributed by atoms with E-state index in [0.717, 1.165) is 47.8 Å². The molecule has 8 nitrogen and oxygen atoms in total. The second kappa shape index (κ2) is 10.0. The van der Waals surface area contributed by atoms with Gasteiger partial charge < -0.3 is 15.1 Å². The fourth-order valence-corrected chi connectivity index (χ4v) is 3.95. The van der Waals surface area contributed by atoms with E-state index < -0.39 is 10.2 Å². The maximum absolute atomic E-state index is 12.6. The molecule has 9 heteroatoms. The highest BCUT2D eigenvalue weighted by atomic mass is 32.2. The number of hydrogen-bond acceptors (Lipinski definition) is 5. The summed E-state index contributed by atoms with van der Waals surface area (Å²) in [6.45, 7) is 5.48. The predicted octanol–water partition coefficient (Wildman–Crippen LogP) is 0.0531. The van der Waals surface area contributed by atoms with Crippen LogP contribution in [0.15, 0.2) is 30.3 Å². The zero-order valence-corrected chi connectivity index (χ0v) is 17.3. The van der Waals surface area contributed by atoms with Gasteiger partial charge in [-0.05, 0) is 32.1 Å². The number of hydrogen-bond donors (Lipinski definition) is 1. The van der Waals surface area contributed by atoms with Crippen LogP contribution < -0.4 is 9.62 Å². The average molecular weight is 398 g/mol. The number of nitrogens with one attached hydrogen (secondary N) is 1. The molecule has 1 amide bonds. The van der Waals surface area contributed by atoms with Crippen molar-refractivity contribution in [1.29, 1.82) is 0 Å². The molecule has 1 saturated heterocycles. The smallest absolute Gasteiger partial charge is 0.304 e. The average Bonchev–Trinajstić information content (AvgIpc) is 2.65. The molecular weight excluding hydrogens is 366 g/mol. The van der Waals surface area contributed by atoms with Crippen molar-refractivity contribution in [1.82, 2.24) is 19.4 Å². The molecule has 1 aliphatic rings. The molecule has 0 bridgehead atoms. The van der Waals surface area contributed by atoms with Crippen molar-refractivity contribution in [2.24, 2.45) is 0 Å². The molecule has 1 N–H and O–H groups in total.